The molecule has 1 aliphatic rings. The van der Waals surface area contributed by atoms with Crippen LogP contribution in [0.25, 0.3) is 0 Å². The normalized spacial score (nSPS) is 27.2. The molecule has 0 aliphatic heterocycles. The van der Waals surface area contributed by atoms with Crippen LogP contribution in [0.15, 0.2) is 0 Å². The van der Waals surface area contributed by atoms with E-state index in [1.54, 1.807) is 13.8 Å². The molecule has 0 saturated heterocycles. The Hall–Kier alpha value is -0.390. The van der Waals surface area contributed by atoms with E-state index in [0.29, 0.717) is 0 Å². The van der Waals surface area contributed by atoms with E-state index < -0.39 is 39.3 Å². The molecule has 3 unspecified atom stereocenters. The molecule has 0 spiro atoms. The second-order valence-electron chi connectivity index (χ2n) is 4.69. The Kier molecular flexibility index (Phi) is 4.30. The molecule has 1 N–H and O–H groups in total. The van der Waals surface area contributed by atoms with Crippen molar-refractivity contribution in [3.63, 3.8) is 0 Å². The van der Waals surface area contributed by atoms with Crippen LogP contribution in [0.1, 0.15) is 13.8 Å². The van der Waals surface area contributed by atoms with Gasteiger partial charge in [0.15, 0.2) is 6.10 Å². The fraction of sp³-hybridized carbons (Fsp3) is 0.800. The summed E-state index contributed by atoms with van der Waals surface area (Å²) in [6.07, 6.45) is -2.78. The number of esters is 1. The minimum absolute atomic E-state index is 0.474. The number of rotatable bonds is 3. The molecule has 0 aromatic carbocycles. The standard InChI is InChI=1S/C10H13Cl3O5/c1-9(2)4(5(9)7(14)17-3)6(10(11,12)13)18-8(15)16/h4-6H,1-3H3,(H,15,16). The lowest BCUT2D eigenvalue weighted by Gasteiger charge is -2.24. The van der Waals surface area contributed by atoms with Crippen LogP contribution < -0.4 is 0 Å². The third-order valence-corrected chi connectivity index (χ3v) is 3.89. The van der Waals surface area contributed by atoms with Gasteiger partial charge in [-0.25, -0.2) is 4.79 Å². The highest BCUT2D eigenvalue weighted by Crippen LogP contribution is 2.63. The van der Waals surface area contributed by atoms with Crippen LogP contribution in [0.5, 0.6) is 0 Å². The number of carboxylic acid groups (broad SMARTS) is 1. The van der Waals surface area contributed by atoms with Crippen LogP contribution in [-0.2, 0) is 14.3 Å². The van der Waals surface area contributed by atoms with Crippen LogP contribution in [0.2, 0.25) is 0 Å². The van der Waals surface area contributed by atoms with Crippen LogP contribution >= 0.6 is 34.8 Å². The first-order valence-corrected chi connectivity index (χ1v) is 6.21. The smallest absolute Gasteiger partial charge is 0.469 e. The van der Waals surface area contributed by atoms with Gasteiger partial charge in [-0.05, 0) is 5.41 Å². The predicted molar refractivity (Wildman–Crippen MR) is 66.0 cm³/mol. The molecule has 0 aromatic heterocycles. The maximum atomic E-state index is 11.6. The van der Waals surface area contributed by atoms with Crippen molar-refractivity contribution in [2.24, 2.45) is 17.3 Å². The van der Waals surface area contributed by atoms with Gasteiger partial charge in [-0.15, -0.1) is 0 Å². The lowest BCUT2D eigenvalue weighted by molar-refractivity contribution is -0.143. The summed E-state index contributed by atoms with van der Waals surface area (Å²) in [5, 5.41) is 8.66. The van der Waals surface area contributed by atoms with Gasteiger partial charge in [0, 0.05) is 5.92 Å². The minimum Gasteiger partial charge on any atom is -0.469 e. The molecule has 1 saturated carbocycles. The fourth-order valence-corrected chi connectivity index (χ4v) is 2.81. The number of ether oxygens (including phenoxy) is 2. The first-order valence-electron chi connectivity index (χ1n) is 5.07. The van der Waals surface area contributed by atoms with Gasteiger partial charge in [0.25, 0.3) is 0 Å². The maximum absolute atomic E-state index is 11.6. The van der Waals surface area contributed by atoms with E-state index in [1.165, 1.54) is 7.11 Å². The van der Waals surface area contributed by atoms with Gasteiger partial charge in [0.05, 0.1) is 13.0 Å². The number of hydrogen-bond acceptors (Lipinski definition) is 4. The van der Waals surface area contributed by atoms with E-state index in [0.717, 1.165) is 0 Å². The van der Waals surface area contributed by atoms with Gasteiger partial charge in [-0.3, -0.25) is 4.79 Å². The van der Waals surface area contributed by atoms with Gasteiger partial charge in [0.1, 0.15) is 0 Å². The first-order chi connectivity index (χ1) is 8.03. The second-order valence-corrected chi connectivity index (χ2v) is 7.06. The van der Waals surface area contributed by atoms with Crippen molar-refractivity contribution in [2.75, 3.05) is 7.11 Å². The summed E-state index contributed by atoms with van der Waals surface area (Å²) in [6, 6.07) is 0. The highest BCUT2D eigenvalue weighted by atomic mass is 35.6. The molecular formula is C10H13Cl3O5. The zero-order valence-electron chi connectivity index (χ0n) is 9.95. The third kappa shape index (κ3) is 2.95. The minimum atomic E-state index is -1.94. The molecule has 0 heterocycles. The van der Waals surface area contributed by atoms with Crippen molar-refractivity contribution in [1.29, 1.82) is 0 Å². The Morgan fingerprint density at radius 2 is 1.83 bits per heavy atom. The maximum Gasteiger partial charge on any atom is 0.506 e. The van der Waals surface area contributed by atoms with E-state index in [9.17, 15) is 9.59 Å². The Morgan fingerprint density at radius 3 is 2.17 bits per heavy atom. The molecule has 0 aromatic rings. The van der Waals surface area contributed by atoms with Gasteiger partial charge >= 0.3 is 12.1 Å². The molecule has 104 valence electrons. The molecule has 8 heteroatoms. The Morgan fingerprint density at radius 1 is 1.33 bits per heavy atom. The van der Waals surface area contributed by atoms with Crippen LogP contribution in [0.3, 0.4) is 0 Å². The number of hydrogen-bond donors (Lipinski definition) is 1. The highest BCUT2D eigenvalue weighted by Gasteiger charge is 2.69. The largest absolute Gasteiger partial charge is 0.506 e. The topological polar surface area (TPSA) is 72.8 Å². The quantitative estimate of drug-likeness (QED) is 0.639. The Balaban J connectivity index is 2.95. The van der Waals surface area contributed by atoms with Gasteiger partial charge in [-0.1, -0.05) is 48.7 Å². The van der Waals surface area contributed by atoms with E-state index in [4.69, 9.17) is 39.9 Å². The van der Waals surface area contributed by atoms with E-state index in [-0.39, 0.29) is 0 Å². The summed E-state index contributed by atoms with van der Waals surface area (Å²) >= 11 is 17.1. The number of carbonyl (C=O) groups excluding carboxylic acids is 1. The molecule has 3 atom stereocenters. The molecule has 5 nitrogen and oxygen atoms in total. The molecule has 18 heavy (non-hydrogen) atoms. The number of methoxy groups -OCH3 is 1. The Labute approximate surface area is 119 Å². The number of carbonyl (C=O) groups is 2. The SMILES string of the molecule is COC(=O)C1C(C(OC(=O)O)C(Cl)(Cl)Cl)C1(C)C. The third-order valence-electron chi connectivity index (χ3n) is 3.24. The van der Waals surface area contributed by atoms with Gasteiger partial charge < -0.3 is 14.6 Å². The van der Waals surface area contributed by atoms with Crippen molar-refractivity contribution in [3.05, 3.63) is 0 Å². The highest BCUT2D eigenvalue weighted by molar-refractivity contribution is 6.68. The van der Waals surface area contributed by atoms with Crippen molar-refractivity contribution in [1.82, 2.24) is 0 Å². The average molecular weight is 320 g/mol. The summed E-state index contributed by atoms with van der Waals surface area (Å²) in [5.41, 5.74) is -0.545. The van der Waals surface area contributed by atoms with Crippen molar-refractivity contribution in [3.8, 4) is 0 Å². The monoisotopic (exact) mass is 318 g/mol. The van der Waals surface area contributed by atoms with E-state index >= 15 is 0 Å². The van der Waals surface area contributed by atoms with Gasteiger partial charge in [0.2, 0.25) is 3.79 Å². The zero-order chi connectivity index (χ0) is 14.3. The molecule has 1 rings (SSSR count). The molecule has 0 amide bonds. The fourth-order valence-electron chi connectivity index (χ4n) is 2.27. The molecule has 1 fully saturated rings. The Bertz CT molecular complexity index is 363. The van der Waals surface area contributed by atoms with Gasteiger partial charge in [-0.2, -0.15) is 0 Å². The molecule has 0 radical (unpaired) electrons. The predicted octanol–water partition coefficient (Wildman–Crippen LogP) is 2.87. The summed E-state index contributed by atoms with van der Waals surface area (Å²) in [7, 11) is 1.25. The molecular weight excluding hydrogens is 306 g/mol. The van der Waals surface area contributed by atoms with E-state index in [1.807, 2.05) is 0 Å². The zero-order valence-corrected chi connectivity index (χ0v) is 12.2. The lowest BCUT2D eigenvalue weighted by Crippen LogP contribution is -2.35. The summed E-state index contributed by atoms with van der Waals surface area (Å²) in [4.78, 5) is 22.2. The van der Waals surface area contributed by atoms with E-state index in [2.05, 4.69) is 9.47 Å². The van der Waals surface area contributed by atoms with Crippen molar-refractivity contribution < 1.29 is 24.2 Å². The van der Waals surface area contributed by atoms with Crippen LogP contribution in [0.4, 0.5) is 4.79 Å². The summed E-state index contributed by atoms with van der Waals surface area (Å²) in [6.45, 7) is 3.52. The second kappa shape index (κ2) is 4.94. The molecule has 1 aliphatic carbocycles. The summed E-state index contributed by atoms with van der Waals surface area (Å²) in [5.74, 6) is -1.56. The number of alkyl halides is 3. The average Bonchev–Trinajstić information content (AvgIpc) is 2.74. The van der Waals surface area contributed by atoms with Crippen molar-refractivity contribution in [2.45, 2.75) is 23.7 Å². The number of halogens is 3. The lowest BCUT2D eigenvalue weighted by atomic mass is 10.1. The van der Waals surface area contributed by atoms with Crippen LogP contribution in [-0.4, -0.2) is 34.2 Å². The molecule has 0 bridgehead atoms. The first kappa shape index (κ1) is 15.7. The summed E-state index contributed by atoms with van der Waals surface area (Å²) < 4.78 is 7.31. The van der Waals surface area contributed by atoms with Crippen LogP contribution in [0, 0.1) is 17.3 Å². The van der Waals surface area contributed by atoms with Crippen molar-refractivity contribution >= 4 is 46.9 Å².